The van der Waals surface area contributed by atoms with E-state index in [9.17, 15) is 13.2 Å². The van der Waals surface area contributed by atoms with Crippen LogP contribution in [0.5, 0.6) is 0 Å². The van der Waals surface area contributed by atoms with Gasteiger partial charge in [-0.25, -0.2) is 0 Å². The van der Waals surface area contributed by atoms with Gasteiger partial charge in [0.25, 0.3) is 0 Å². The zero-order chi connectivity index (χ0) is 11.5. The zero-order valence-electron chi connectivity index (χ0n) is 8.43. The molecular weight excluding hydrogens is 205 g/mol. The number of aryl methyl sites for hydroxylation is 2. The lowest BCUT2D eigenvalue weighted by atomic mass is 10.1. The third kappa shape index (κ3) is 3.51. The molecule has 0 bridgehead atoms. The van der Waals surface area contributed by atoms with E-state index < -0.39 is 11.7 Å². The minimum Gasteiger partial charge on any atom is -0.330 e. The Balaban J connectivity index is 2.95. The van der Waals surface area contributed by atoms with Crippen molar-refractivity contribution >= 4 is 0 Å². The van der Waals surface area contributed by atoms with Crippen LogP contribution in [0, 0.1) is 6.92 Å². The number of aromatic nitrogens is 1. The lowest BCUT2D eigenvalue weighted by molar-refractivity contribution is -0.137. The number of pyridine rings is 1. The SMILES string of the molecule is Cc1cc(C(F)(F)F)cc(CCCN)n1. The Kier molecular flexibility index (Phi) is 3.68. The number of nitrogens with two attached hydrogens (primary N) is 1. The Morgan fingerprint density at radius 3 is 2.53 bits per heavy atom. The standard InChI is InChI=1S/C10H13F3N2/c1-7-5-8(10(11,12)13)6-9(15-7)3-2-4-14/h5-6H,2-4,14H2,1H3. The van der Waals surface area contributed by atoms with Gasteiger partial charge in [-0.15, -0.1) is 0 Å². The minimum atomic E-state index is -4.30. The molecule has 0 aromatic carbocycles. The molecule has 0 saturated heterocycles. The Hall–Kier alpha value is -1.10. The van der Waals surface area contributed by atoms with Crippen molar-refractivity contribution < 1.29 is 13.2 Å². The first-order valence-corrected chi connectivity index (χ1v) is 4.68. The molecule has 0 saturated carbocycles. The maximum Gasteiger partial charge on any atom is 0.416 e. The molecule has 0 radical (unpaired) electrons. The summed E-state index contributed by atoms with van der Waals surface area (Å²) in [6.07, 6.45) is -3.17. The van der Waals surface area contributed by atoms with Crippen molar-refractivity contribution in [3.05, 3.63) is 29.1 Å². The molecule has 0 amide bonds. The Bertz CT molecular complexity index is 334. The maximum absolute atomic E-state index is 12.4. The fourth-order valence-electron chi connectivity index (χ4n) is 1.31. The van der Waals surface area contributed by atoms with Crippen LogP contribution in [0.3, 0.4) is 0 Å². The van der Waals surface area contributed by atoms with Gasteiger partial charge in [-0.1, -0.05) is 0 Å². The number of hydrogen-bond acceptors (Lipinski definition) is 2. The molecule has 15 heavy (non-hydrogen) atoms. The molecule has 1 heterocycles. The van der Waals surface area contributed by atoms with Crippen molar-refractivity contribution in [2.45, 2.75) is 25.9 Å². The van der Waals surface area contributed by atoms with E-state index in [1.807, 2.05) is 0 Å². The van der Waals surface area contributed by atoms with Crippen LogP contribution in [0.2, 0.25) is 0 Å². The molecule has 5 heteroatoms. The van der Waals surface area contributed by atoms with Crippen molar-refractivity contribution in [2.24, 2.45) is 5.73 Å². The summed E-state index contributed by atoms with van der Waals surface area (Å²) in [5.74, 6) is 0. The van der Waals surface area contributed by atoms with Crippen molar-refractivity contribution in [1.29, 1.82) is 0 Å². The molecule has 1 aromatic rings. The lowest BCUT2D eigenvalue weighted by Crippen LogP contribution is -2.08. The van der Waals surface area contributed by atoms with Crippen molar-refractivity contribution in [1.82, 2.24) is 4.98 Å². The van der Waals surface area contributed by atoms with Gasteiger partial charge in [0.15, 0.2) is 0 Å². The highest BCUT2D eigenvalue weighted by Crippen LogP contribution is 2.29. The number of hydrogen-bond donors (Lipinski definition) is 1. The molecule has 1 rings (SSSR count). The highest BCUT2D eigenvalue weighted by atomic mass is 19.4. The van der Waals surface area contributed by atoms with E-state index in [-0.39, 0.29) is 0 Å². The summed E-state index contributed by atoms with van der Waals surface area (Å²) in [5, 5.41) is 0. The van der Waals surface area contributed by atoms with Gasteiger partial charge in [-0.2, -0.15) is 13.2 Å². The van der Waals surface area contributed by atoms with Gasteiger partial charge in [0.05, 0.1) is 5.56 Å². The largest absolute Gasteiger partial charge is 0.416 e. The second kappa shape index (κ2) is 4.61. The quantitative estimate of drug-likeness (QED) is 0.845. The summed E-state index contributed by atoms with van der Waals surface area (Å²) in [6, 6.07) is 2.13. The monoisotopic (exact) mass is 218 g/mol. The van der Waals surface area contributed by atoms with E-state index in [0.29, 0.717) is 30.8 Å². The maximum atomic E-state index is 12.4. The average Bonchev–Trinajstić information content (AvgIpc) is 2.12. The molecule has 0 aliphatic rings. The first kappa shape index (κ1) is 12.0. The smallest absolute Gasteiger partial charge is 0.330 e. The van der Waals surface area contributed by atoms with Crippen LogP contribution < -0.4 is 5.73 Å². The Morgan fingerprint density at radius 2 is 2.00 bits per heavy atom. The van der Waals surface area contributed by atoms with E-state index in [1.165, 1.54) is 0 Å². The van der Waals surface area contributed by atoms with E-state index in [2.05, 4.69) is 4.98 Å². The predicted octanol–water partition coefficient (Wildman–Crippen LogP) is 2.30. The average molecular weight is 218 g/mol. The fraction of sp³-hybridized carbons (Fsp3) is 0.500. The van der Waals surface area contributed by atoms with Crippen LogP contribution in [0.4, 0.5) is 13.2 Å². The number of nitrogens with zero attached hydrogens (tertiary/aromatic N) is 1. The molecule has 84 valence electrons. The van der Waals surface area contributed by atoms with Crippen LogP contribution in [-0.4, -0.2) is 11.5 Å². The zero-order valence-corrected chi connectivity index (χ0v) is 8.43. The molecule has 1 aromatic heterocycles. The molecule has 0 unspecified atom stereocenters. The van der Waals surface area contributed by atoms with Crippen LogP contribution in [0.1, 0.15) is 23.4 Å². The van der Waals surface area contributed by atoms with Crippen LogP contribution in [0.25, 0.3) is 0 Å². The molecule has 0 fully saturated rings. The summed E-state index contributed by atoms with van der Waals surface area (Å²) in [7, 11) is 0. The van der Waals surface area contributed by atoms with Gasteiger partial charge in [0.2, 0.25) is 0 Å². The third-order valence-electron chi connectivity index (χ3n) is 1.97. The Morgan fingerprint density at radius 1 is 1.33 bits per heavy atom. The topological polar surface area (TPSA) is 38.9 Å². The van der Waals surface area contributed by atoms with Gasteiger partial charge in [-0.3, -0.25) is 4.98 Å². The first-order chi connectivity index (χ1) is 6.93. The molecule has 2 nitrogen and oxygen atoms in total. The van der Waals surface area contributed by atoms with Gasteiger partial charge < -0.3 is 5.73 Å². The van der Waals surface area contributed by atoms with Gasteiger partial charge in [0.1, 0.15) is 0 Å². The van der Waals surface area contributed by atoms with Crippen LogP contribution in [-0.2, 0) is 12.6 Å². The normalized spacial score (nSPS) is 11.8. The predicted molar refractivity (Wildman–Crippen MR) is 51.4 cm³/mol. The summed E-state index contributed by atoms with van der Waals surface area (Å²) in [6.45, 7) is 2.01. The summed E-state index contributed by atoms with van der Waals surface area (Å²) < 4.78 is 37.3. The van der Waals surface area contributed by atoms with Gasteiger partial charge in [-0.05, 0) is 38.4 Å². The third-order valence-corrected chi connectivity index (χ3v) is 1.97. The van der Waals surface area contributed by atoms with Crippen LogP contribution in [0.15, 0.2) is 12.1 Å². The van der Waals surface area contributed by atoms with Crippen molar-refractivity contribution in [3.63, 3.8) is 0 Å². The minimum absolute atomic E-state index is 0.386. The number of halogens is 3. The Labute approximate surface area is 86.3 Å². The molecule has 0 aliphatic carbocycles. The molecule has 0 aliphatic heterocycles. The lowest BCUT2D eigenvalue weighted by Gasteiger charge is -2.09. The van der Waals surface area contributed by atoms with Gasteiger partial charge >= 0.3 is 6.18 Å². The van der Waals surface area contributed by atoms with E-state index >= 15 is 0 Å². The van der Waals surface area contributed by atoms with Crippen molar-refractivity contribution in [2.75, 3.05) is 6.54 Å². The molecule has 0 spiro atoms. The summed E-state index contributed by atoms with van der Waals surface area (Å²) >= 11 is 0. The molecule has 0 atom stereocenters. The fourth-order valence-corrected chi connectivity index (χ4v) is 1.31. The second-order valence-electron chi connectivity index (χ2n) is 3.38. The van der Waals surface area contributed by atoms with Crippen molar-refractivity contribution in [3.8, 4) is 0 Å². The van der Waals surface area contributed by atoms with E-state index in [1.54, 1.807) is 6.92 Å². The molecule has 2 N–H and O–H groups in total. The highest BCUT2D eigenvalue weighted by molar-refractivity contribution is 5.23. The van der Waals surface area contributed by atoms with E-state index in [0.717, 1.165) is 12.1 Å². The number of alkyl halides is 3. The van der Waals surface area contributed by atoms with Gasteiger partial charge in [0, 0.05) is 11.4 Å². The van der Waals surface area contributed by atoms with E-state index in [4.69, 9.17) is 5.73 Å². The molecular formula is C10H13F3N2. The second-order valence-corrected chi connectivity index (χ2v) is 3.38. The van der Waals surface area contributed by atoms with Crippen LogP contribution >= 0.6 is 0 Å². The first-order valence-electron chi connectivity index (χ1n) is 4.68. The summed E-state index contributed by atoms with van der Waals surface area (Å²) in [4.78, 5) is 4.03. The summed E-state index contributed by atoms with van der Waals surface area (Å²) in [5.41, 5.74) is 5.49. The highest BCUT2D eigenvalue weighted by Gasteiger charge is 2.31. The number of rotatable bonds is 3.